The molecule has 0 aliphatic heterocycles. The first-order chi connectivity index (χ1) is 8.50. The molecule has 2 nitrogen and oxygen atoms in total. The number of methoxy groups -OCH3 is 1. The van der Waals surface area contributed by atoms with E-state index in [-0.39, 0.29) is 0 Å². The van der Waals surface area contributed by atoms with Gasteiger partial charge in [-0.1, -0.05) is 0 Å². The van der Waals surface area contributed by atoms with E-state index < -0.39 is 40.6 Å². The minimum absolute atomic E-state index is 0.394. The van der Waals surface area contributed by atoms with Crippen LogP contribution in [-0.4, -0.2) is 12.9 Å². The average Bonchev–Trinajstić information content (AvgIpc) is 2.24. The van der Waals surface area contributed by atoms with Crippen molar-refractivity contribution in [2.75, 3.05) is 7.11 Å². The van der Waals surface area contributed by atoms with Crippen LogP contribution >= 0.6 is 0 Å². The number of benzene rings is 1. The predicted octanol–water partition coefficient (Wildman–Crippen LogP) is 3.94. The third kappa shape index (κ3) is 2.99. The second-order valence-electron chi connectivity index (χ2n) is 3.62. The molecule has 0 radical (unpaired) electrons. The van der Waals surface area contributed by atoms with Gasteiger partial charge in [0.05, 0.1) is 12.7 Å². The Hall–Kier alpha value is -1.73. The third-order valence-electron chi connectivity index (χ3n) is 2.33. The van der Waals surface area contributed by atoms with Crippen molar-refractivity contribution in [3.8, 4) is 5.75 Å². The maximum atomic E-state index is 12.8. The Kier molecular flexibility index (Phi) is 3.83. The first kappa shape index (κ1) is 15.3. The first-order valence-electron chi connectivity index (χ1n) is 4.86. The molecule has 1 rings (SSSR count). The Morgan fingerprint density at radius 2 is 1.58 bits per heavy atom. The van der Waals surface area contributed by atoms with E-state index in [2.05, 4.69) is 4.74 Å². The second kappa shape index (κ2) is 4.75. The van der Waals surface area contributed by atoms with Crippen LogP contribution in [0.25, 0.3) is 0 Å². The van der Waals surface area contributed by atoms with Crippen molar-refractivity contribution >= 4 is 5.78 Å². The zero-order valence-electron chi connectivity index (χ0n) is 9.74. The monoisotopic (exact) mass is 286 g/mol. The van der Waals surface area contributed by atoms with Crippen molar-refractivity contribution in [1.82, 2.24) is 0 Å². The molecule has 0 aromatic heterocycles. The standard InChI is InChI=1S/C11H8F6O2/c1-5(18)6-3-4-7(10(12,13)14)9(19-2)8(6)11(15,16)17/h3-4H,1-2H3. The van der Waals surface area contributed by atoms with Crippen molar-refractivity contribution in [2.45, 2.75) is 19.3 Å². The summed E-state index contributed by atoms with van der Waals surface area (Å²) in [4.78, 5) is 11.1. The van der Waals surface area contributed by atoms with Gasteiger partial charge in [0, 0.05) is 5.56 Å². The van der Waals surface area contributed by atoms with E-state index in [0.29, 0.717) is 19.2 Å². The topological polar surface area (TPSA) is 26.3 Å². The van der Waals surface area contributed by atoms with Crippen LogP contribution in [0, 0.1) is 0 Å². The van der Waals surface area contributed by atoms with Gasteiger partial charge in [-0.2, -0.15) is 26.3 Å². The lowest BCUT2D eigenvalue weighted by Crippen LogP contribution is -2.18. The Morgan fingerprint density at radius 3 is 1.89 bits per heavy atom. The summed E-state index contributed by atoms with van der Waals surface area (Å²) in [6, 6.07) is 0.890. The molecular weight excluding hydrogens is 278 g/mol. The number of hydrogen-bond acceptors (Lipinski definition) is 2. The van der Waals surface area contributed by atoms with Gasteiger partial charge in [0.25, 0.3) is 0 Å². The molecule has 0 spiro atoms. The molecule has 0 unspecified atom stereocenters. The van der Waals surface area contributed by atoms with Crippen LogP contribution in [0.2, 0.25) is 0 Å². The minimum atomic E-state index is -5.13. The third-order valence-corrected chi connectivity index (χ3v) is 2.33. The number of rotatable bonds is 2. The highest BCUT2D eigenvalue weighted by Gasteiger charge is 2.44. The van der Waals surface area contributed by atoms with Crippen molar-refractivity contribution in [3.63, 3.8) is 0 Å². The van der Waals surface area contributed by atoms with E-state index in [1.54, 1.807) is 0 Å². The molecule has 0 saturated carbocycles. The van der Waals surface area contributed by atoms with E-state index in [4.69, 9.17) is 0 Å². The molecule has 0 saturated heterocycles. The fraction of sp³-hybridized carbons (Fsp3) is 0.364. The summed E-state index contributed by atoms with van der Waals surface area (Å²) < 4.78 is 80.5. The molecule has 0 aliphatic carbocycles. The maximum Gasteiger partial charge on any atom is 0.420 e. The van der Waals surface area contributed by atoms with E-state index >= 15 is 0 Å². The summed E-state index contributed by atoms with van der Waals surface area (Å²) in [7, 11) is 0.684. The minimum Gasteiger partial charge on any atom is -0.495 e. The Morgan fingerprint density at radius 1 is 1.05 bits per heavy atom. The molecule has 1 aromatic carbocycles. The van der Waals surface area contributed by atoms with Gasteiger partial charge >= 0.3 is 12.4 Å². The lowest BCUT2D eigenvalue weighted by atomic mass is 9.98. The van der Waals surface area contributed by atoms with Crippen molar-refractivity contribution in [3.05, 3.63) is 28.8 Å². The van der Waals surface area contributed by atoms with Crippen LogP contribution in [0.5, 0.6) is 5.75 Å². The smallest absolute Gasteiger partial charge is 0.420 e. The lowest BCUT2D eigenvalue weighted by molar-refractivity contribution is -0.145. The van der Waals surface area contributed by atoms with Gasteiger partial charge in [-0.3, -0.25) is 4.79 Å². The van der Waals surface area contributed by atoms with Crippen molar-refractivity contribution < 1.29 is 35.9 Å². The van der Waals surface area contributed by atoms with E-state index in [9.17, 15) is 31.1 Å². The van der Waals surface area contributed by atoms with Crippen LogP contribution in [0.1, 0.15) is 28.4 Å². The Labute approximate surface area is 104 Å². The Bertz CT molecular complexity index is 501. The molecule has 0 fully saturated rings. The van der Waals surface area contributed by atoms with E-state index in [0.717, 1.165) is 6.92 Å². The SMILES string of the molecule is COc1c(C(F)(F)F)ccc(C(C)=O)c1C(F)(F)F. The molecule has 0 N–H and O–H groups in total. The number of ketones is 1. The normalized spacial score (nSPS) is 12.4. The molecule has 106 valence electrons. The fourth-order valence-electron chi connectivity index (χ4n) is 1.59. The summed E-state index contributed by atoms with van der Waals surface area (Å²) in [6.45, 7) is 0.831. The highest BCUT2D eigenvalue weighted by Crippen LogP contribution is 2.45. The van der Waals surface area contributed by atoms with Gasteiger partial charge in [-0.25, -0.2) is 0 Å². The van der Waals surface area contributed by atoms with Crippen LogP contribution in [0.15, 0.2) is 12.1 Å². The Balaban J connectivity index is 3.75. The van der Waals surface area contributed by atoms with Crippen LogP contribution < -0.4 is 4.74 Å². The number of alkyl halides is 6. The van der Waals surface area contributed by atoms with Gasteiger partial charge in [0.2, 0.25) is 0 Å². The first-order valence-corrected chi connectivity index (χ1v) is 4.86. The molecule has 0 atom stereocenters. The van der Waals surface area contributed by atoms with Gasteiger partial charge < -0.3 is 4.74 Å². The zero-order valence-corrected chi connectivity index (χ0v) is 9.74. The number of halogens is 6. The molecule has 0 amide bonds. The maximum absolute atomic E-state index is 12.8. The number of ether oxygens (including phenoxy) is 1. The molecule has 0 aliphatic rings. The number of carbonyl (C=O) groups excluding carboxylic acids is 1. The summed E-state index contributed by atoms with van der Waals surface area (Å²) >= 11 is 0. The predicted molar refractivity (Wildman–Crippen MR) is 53.0 cm³/mol. The molecule has 0 bridgehead atoms. The number of hydrogen-bond donors (Lipinski definition) is 0. The molecule has 8 heteroatoms. The summed E-state index contributed by atoms with van der Waals surface area (Å²) in [5.74, 6) is -2.40. The molecule has 1 aromatic rings. The summed E-state index contributed by atoms with van der Waals surface area (Å²) in [6.07, 6.45) is -10.1. The fourth-order valence-corrected chi connectivity index (χ4v) is 1.59. The van der Waals surface area contributed by atoms with Gasteiger partial charge in [-0.05, 0) is 19.1 Å². The van der Waals surface area contributed by atoms with Crippen molar-refractivity contribution in [1.29, 1.82) is 0 Å². The van der Waals surface area contributed by atoms with Gasteiger partial charge in [0.1, 0.15) is 11.3 Å². The quantitative estimate of drug-likeness (QED) is 0.608. The van der Waals surface area contributed by atoms with E-state index in [1.807, 2.05) is 0 Å². The van der Waals surface area contributed by atoms with E-state index in [1.165, 1.54) is 0 Å². The van der Waals surface area contributed by atoms with Crippen LogP contribution in [0.4, 0.5) is 26.3 Å². The molecule has 19 heavy (non-hydrogen) atoms. The largest absolute Gasteiger partial charge is 0.495 e. The van der Waals surface area contributed by atoms with Gasteiger partial charge in [-0.15, -0.1) is 0 Å². The van der Waals surface area contributed by atoms with Crippen molar-refractivity contribution in [2.24, 2.45) is 0 Å². The van der Waals surface area contributed by atoms with Crippen LogP contribution in [0.3, 0.4) is 0 Å². The number of carbonyl (C=O) groups is 1. The second-order valence-corrected chi connectivity index (χ2v) is 3.62. The highest BCUT2D eigenvalue weighted by atomic mass is 19.4. The molecule has 0 heterocycles. The molecular formula is C11H8F6O2. The summed E-state index contributed by atoms with van der Waals surface area (Å²) in [5.41, 5.74) is -4.15. The van der Waals surface area contributed by atoms with Gasteiger partial charge in [0.15, 0.2) is 5.78 Å². The summed E-state index contributed by atoms with van der Waals surface area (Å²) in [5, 5.41) is 0. The zero-order chi connectivity index (χ0) is 15.0. The lowest BCUT2D eigenvalue weighted by Gasteiger charge is -2.19. The highest BCUT2D eigenvalue weighted by molar-refractivity contribution is 5.96. The average molecular weight is 286 g/mol. The number of Topliss-reactive ketones (excluding diaryl/α,β-unsaturated/α-hetero) is 1. The van der Waals surface area contributed by atoms with Crippen LogP contribution in [-0.2, 0) is 12.4 Å².